The maximum atomic E-state index is 12.9. The van der Waals surface area contributed by atoms with Crippen molar-refractivity contribution in [3.05, 3.63) is 47.2 Å². The second kappa shape index (κ2) is 8.77. The lowest BCUT2D eigenvalue weighted by Crippen LogP contribution is -2.36. The number of likely N-dealkylation sites (tertiary alicyclic amines) is 1. The van der Waals surface area contributed by atoms with E-state index in [1.54, 1.807) is 6.20 Å². The van der Waals surface area contributed by atoms with E-state index >= 15 is 0 Å². The number of amides is 1. The molecule has 0 bridgehead atoms. The number of carbonyl (C=O) groups is 1. The highest BCUT2D eigenvalue weighted by Gasteiger charge is 2.29. The highest BCUT2D eigenvalue weighted by Crippen LogP contribution is 2.24. The van der Waals surface area contributed by atoms with Crippen molar-refractivity contribution in [1.29, 1.82) is 0 Å². The summed E-state index contributed by atoms with van der Waals surface area (Å²) >= 11 is 0. The molecule has 0 aromatic carbocycles. The number of hydrogen-bond donors (Lipinski definition) is 0. The molecule has 3 aromatic rings. The monoisotopic (exact) mass is 408 g/mol. The number of aryl methyl sites for hydroxylation is 3. The molecular weight excluding hydrogens is 380 g/mol. The molecule has 1 aliphatic heterocycles. The van der Waals surface area contributed by atoms with Crippen molar-refractivity contribution in [3.8, 4) is 11.6 Å². The fourth-order valence-electron chi connectivity index (χ4n) is 4.26. The van der Waals surface area contributed by atoms with Crippen LogP contribution < -0.4 is 0 Å². The van der Waals surface area contributed by atoms with Crippen molar-refractivity contribution in [2.45, 2.75) is 58.4 Å². The Balaban J connectivity index is 1.32. The SMILES string of the molecule is Cc1nn(C)c(C)c1CCC(=O)N1CCCC1CCc1noc(-c2ccccn2)n1. The van der Waals surface area contributed by atoms with Crippen LogP contribution in [0.5, 0.6) is 0 Å². The molecule has 8 nitrogen and oxygen atoms in total. The second-order valence-corrected chi connectivity index (χ2v) is 7.93. The van der Waals surface area contributed by atoms with Gasteiger partial charge in [-0.15, -0.1) is 0 Å². The minimum Gasteiger partial charge on any atom is -0.340 e. The van der Waals surface area contributed by atoms with Crippen LogP contribution in [-0.2, 0) is 24.7 Å². The Labute approximate surface area is 176 Å². The van der Waals surface area contributed by atoms with E-state index in [9.17, 15) is 4.79 Å². The van der Waals surface area contributed by atoms with Crippen LogP contribution in [0.25, 0.3) is 11.6 Å². The molecule has 3 aromatic heterocycles. The molecule has 1 fully saturated rings. The minimum atomic E-state index is 0.224. The number of aromatic nitrogens is 5. The third-order valence-electron chi connectivity index (χ3n) is 6.00. The number of nitrogens with zero attached hydrogens (tertiary/aromatic N) is 6. The van der Waals surface area contributed by atoms with Crippen molar-refractivity contribution in [3.63, 3.8) is 0 Å². The lowest BCUT2D eigenvalue weighted by molar-refractivity contribution is -0.132. The smallest absolute Gasteiger partial charge is 0.276 e. The van der Waals surface area contributed by atoms with Crippen molar-refractivity contribution < 1.29 is 9.32 Å². The maximum Gasteiger partial charge on any atom is 0.276 e. The Morgan fingerprint density at radius 2 is 2.13 bits per heavy atom. The number of pyridine rings is 1. The summed E-state index contributed by atoms with van der Waals surface area (Å²) in [6.45, 7) is 4.90. The molecular formula is C22H28N6O2. The van der Waals surface area contributed by atoms with Crippen LogP contribution in [0.1, 0.15) is 48.5 Å². The van der Waals surface area contributed by atoms with E-state index < -0.39 is 0 Å². The molecule has 0 aliphatic carbocycles. The van der Waals surface area contributed by atoms with Gasteiger partial charge in [-0.2, -0.15) is 10.1 Å². The first kappa shape index (κ1) is 20.3. The first-order valence-corrected chi connectivity index (χ1v) is 10.6. The van der Waals surface area contributed by atoms with Gasteiger partial charge < -0.3 is 9.42 Å². The summed E-state index contributed by atoms with van der Waals surface area (Å²) in [5.74, 6) is 1.33. The van der Waals surface area contributed by atoms with Crippen LogP contribution in [0, 0.1) is 13.8 Å². The fourth-order valence-corrected chi connectivity index (χ4v) is 4.26. The Morgan fingerprint density at radius 3 is 2.87 bits per heavy atom. The van der Waals surface area contributed by atoms with E-state index in [1.165, 1.54) is 5.56 Å². The molecule has 0 saturated carbocycles. The number of rotatable bonds is 7. The fraction of sp³-hybridized carbons (Fsp3) is 0.500. The molecule has 4 rings (SSSR count). The largest absolute Gasteiger partial charge is 0.340 e. The highest BCUT2D eigenvalue weighted by molar-refractivity contribution is 5.77. The van der Waals surface area contributed by atoms with Gasteiger partial charge in [-0.3, -0.25) is 14.5 Å². The van der Waals surface area contributed by atoms with E-state index in [1.807, 2.05) is 41.8 Å². The van der Waals surface area contributed by atoms with Crippen LogP contribution in [0.4, 0.5) is 0 Å². The van der Waals surface area contributed by atoms with E-state index in [0.29, 0.717) is 30.3 Å². The average Bonchev–Trinajstić information content (AvgIpc) is 3.46. The van der Waals surface area contributed by atoms with Gasteiger partial charge in [0, 0.05) is 44.4 Å². The molecule has 158 valence electrons. The van der Waals surface area contributed by atoms with Crippen molar-refractivity contribution in [2.24, 2.45) is 7.05 Å². The summed E-state index contributed by atoms with van der Waals surface area (Å²) in [4.78, 5) is 23.6. The van der Waals surface area contributed by atoms with Gasteiger partial charge in [0.2, 0.25) is 5.91 Å². The Kier molecular flexibility index (Phi) is 5.92. The molecule has 1 atom stereocenters. The van der Waals surface area contributed by atoms with E-state index in [0.717, 1.165) is 43.6 Å². The van der Waals surface area contributed by atoms with E-state index in [-0.39, 0.29) is 11.9 Å². The third-order valence-corrected chi connectivity index (χ3v) is 6.00. The predicted molar refractivity (Wildman–Crippen MR) is 112 cm³/mol. The summed E-state index contributed by atoms with van der Waals surface area (Å²) < 4.78 is 7.23. The molecule has 8 heteroatoms. The number of carbonyl (C=O) groups excluding carboxylic acids is 1. The van der Waals surface area contributed by atoms with Crippen molar-refractivity contribution >= 4 is 5.91 Å². The number of hydrogen-bond acceptors (Lipinski definition) is 6. The zero-order chi connectivity index (χ0) is 21.1. The van der Waals surface area contributed by atoms with Crippen LogP contribution in [0.3, 0.4) is 0 Å². The Bertz CT molecular complexity index is 1010. The van der Waals surface area contributed by atoms with Crippen LogP contribution in [0.2, 0.25) is 0 Å². The van der Waals surface area contributed by atoms with E-state index in [2.05, 4.69) is 27.1 Å². The second-order valence-electron chi connectivity index (χ2n) is 7.93. The van der Waals surface area contributed by atoms with Gasteiger partial charge in [-0.05, 0) is 57.2 Å². The van der Waals surface area contributed by atoms with Gasteiger partial charge in [0.1, 0.15) is 5.69 Å². The zero-order valence-electron chi connectivity index (χ0n) is 17.8. The van der Waals surface area contributed by atoms with Crippen molar-refractivity contribution in [1.82, 2.24) is 29.8 Å². The predicted octanol–water partition coefficient (Wildman–Crippen LogP) is 3.04. The molecule has 30 heavy (non-hydrogen) atoms. The molecule has 0 N–H and O–H groups in total. The summed E-state index contributed by atoms with van der Waals surface area (Å²) in [6, 6.07) is 5.83. The molecule has 0 spiro atoms. The molecule has 1 saturated heterocycles. The van der Waals surface area contributed by atoms with Crippen LogP contribution in [-0.4, -0.2) is 48.3 Å². The molecule has 1 amide bonds. The standard InChI is InChI=1S/C22H28N6O2/c1-15-18(16(2)27(3)25-15)10-12-21(29)28-14-6-7-17(28)9-11-20-24-22(30-26-20)19-8-4-5-13-23-19/h4-5,8,13,17H,6-7,9-12,14H2,1-3H3. The summed E-state index contributed by atoms with van der Waals surface area (Å²) in [7, 11) is 1.95. The lowest BCUT2D eigenvalue weighted by Gasteiger charge is -2.24. The maximum absolute atomic E-state index is 12.9. The normalized spacial score (nSPS) is 16.4. The van der Waals surface area contributed by atoms with Crippen molar-refractivity contribution in [2.75, 3.05) is 6.54 Å². The third kappa shape index (κ3) is 4.27. The first-order chi connectivity index (χ1) is 14.5. The van der Waals surface area contributed by atoms with Crippen LogP contribution >= 0.6 is 0 Å². The quantitative estimate of drug-likeness (QED) is 0.597. The Hall–Kier alpha value is -3.03. The van der Waals surface area contributed by atoms with Gasteiger partial charge >= 0.3 is 0 Å². The average molecular weight is 409 g/mol. The molecule has 1 aliphatic rings. The molecule has 4 heterocycles. The molecule has 0 radical (unpaired) electrons. The lowest BCUT2D eigenvalue weighted by atomic mass is 10.1. The van der Waals surface area contributed by atoms with Crippen LogP contribution in [0.15, 0.2) is 28.9 Å². The Morgan fingerprint density at radius 1 is 1.27 bits per heavy atom. The summed E-state index contributed by atoms with van der Waals surface area (Å²) in [6.07, 6.45) is 6.58. The topological polar surface area (TPSA) is 89.9 Å². The van der Waals surface area contributed by atoms with E-state index in [4.69, 9.17) is 4.52 Å². The van der Waals surface area contributed by atoms with Gasteiger partial charge in [0.05, 0.1) is 5.69 Å². The van der Waals surface area contributed by atoms with Gasteiger partial charge in [0.25, 0.3) is 5.89 Å². The zero-order valence-corrected chi connectivity index (χ0v) is 17.8. The summed E-state index contributed by atoms with van der Waals surface area (Å²) in [5.41, 5.74) is 4.02. The van der Waals surface area contributed by atoms with Gasteiger partial charge in [-0.25, -0.2) is 0 Å². The minimum absolute atomic E-state index is 0.224. The summed E-state index contributed by atoms with van der Waals surface area (Å²) in [5, 5.41) is 8.53. The van der Waals surface area contributed by atoms with Gasteiger partial charge in [-0.1, -0.05) is 11.2 Å². The highest BCUT2D eigenvalue weighted by atomic mass is 16.5. The van der Waals surface area contributed by atoms with Gasteiger partial charge in [0.15, 0.2) is 5.82 Å². The molecule has 1 unspecified atom stereocenters. The first-order valence-electron chi connectivity index (χ1n) is 10.6.